The fourth-order valence-electron chi connectivity index (χ4n) is 2.49. The van der Waals surface area contributed by atoms with Crippen LogP contribution in [0.4, 0.5) is 0 Å². The molecule has 1 aliphatic heterocycles. The summed E-state index contributed by atoms with van der Waals surface area (Å²) in [6.45, 7) is 2.71. The van der Waals surface area contributed by atoms with Gasteiger partial charge in [-0.1, -0.05) is 31.5 Å². The first-order valence-electron chi connectivity index (χ1n) is 7.30. The Morgan fingerprint density at radius 2 is 2.19 bits per heavy atom. The molecule has 0 aliphatic carbocycles. The molecule has 2 N–H and O–H groups in total. The van der Waals surface area contributed by atoms with E-state index in [0.717, 1.165) is 17.7 Å². The molecule has 1 aromatic carbocycles. The van der Waals surface area contributed by atoms with Crippen LogP contribution < -0.4 is 10.1 Å². The van der Waals surface area contributed by atoms with Gasteiger partial charge in [0.25, 0.3) is 0 Å². The van der Waals surface area contributed by atoms with Crippen LogP contribution in [0.15, 0.2) is 24.3 Å². The second-order valence-corrected chi connectivity index (χ2v) is 5.44. The molecule has 1 aliphatic rings. The van der Waals surface area contributed by atoms with Crippen LogP contribution in [0.2, 0.25) is 0 Å². The zero-order chi connectivity index (χ0) is 15.2. The van der Waals surface area contributed by atoms with Crippen molar-refractivity contribution in [2.75, 3.05) is 13.2 Å². The largest absolute Gasteiger partial charge is 0.492 e. The molecule has 21 heavy (non-hydrogen) atoms. The number of carboxylic acids is 1. The van der Waals surface area contributed by atoms with Crippen LogP contribution in [0.1, 0.15) is 25.3 Å². The van der Waals surface area contributed by atoms with Gasteiger partial charge >= 0.3 is 5.97 Å². The normalized spacial score (nSPS) is 18.2. The van der Waals surface area contributed by atoms with E-state index in [1.165, 1.54) is 0 Å². The Hall–Kier alpha value is -2.04. The SMILES string of the molecule is CCC(CNC(=O)C1COc2ccccc2C1)CC(=O)O. The van der Waals surface area contributed by atoms with Gasteiger partial charge in [0, 0.05) is 13.0 Å². The fraction of sp³-hybridized carbons (Fsp3) is 0.500. The highest BCUT2D eigenvalue weighted by molar-refractivity contribution is 5.79. The van der Waals surface area contributed by atoms with Crippen molar-refractivity contribution in [3.8, 4) is 5.75 Å². The predicted octanol–water partition coefficient (Wildman–Crippen LogP) is 1.85. The van der Waals surface area contributed by atoms with E-state index in [9.17, 15) is 9.59 Å². The third-order valence-corrected chi connectivity index (χ3v) is 3.86. The Kier molecular flexibility index (Phi) is 5.20. The lowest BCUT2D eigenvalue weighted by molar-refractivity contribution is -0.138. The minimum absolute atomic E-state index is 0.0248. The number of para-hydroxylation sites is 1. The summed E-state index contributed by atoms with van der Waals surface area (Å²) in [6.07, 6.45) is 1.48. The fourth-order valence-corrected chi connectivity index (χ4v) is 2.49. The molecule has 1 heterocycles. The summed E-state index contributed by atoms with van der Waals surface area (Å²) in [5.41, 5.74) is 1.04. The summed E-state index contributed by atoms with van der Waals surface area (Å²) in [7, 11) is 0. The van der Waals surface area contributed by atoms with Gasteiger partial charge in [0.05, 0.1) is 5.92 Å². The van der Waals surface area contributed by atoms with Crippen LogP contribution in [-0.4, -0.2) is 30.1 Å². The van der Waals surface area contributed by atoms with E-state index in [0.29, 0.717) is 19.6 Å². The number of hydrogen-bond acceptors (Lipinski definition) is 3. The molecule has 1 amide bonds. The van der Waals surface area contributed by atoms with Gasteiger partial charge in [-0.25, -0.2) is 0 Å². The van der Waals surface area contributed by atoms with Gasteiger partial charge < -0.3 is 15.2 Å². The number of carbonyl (C=O) groups is 2. The molecule has 0 fully saturated rings. The number of fused-ring (bicyclic) bond motifs is 1. The van der Waals surface area contributed by atoms with E-state index in [2.05, 4.69) is 5.32 Å². The van der Waals surface area contributed by atoms with Gasteiger partial charge in [0.15, 0.2) is 0 Å². The zero-order valence-electron chi connectivity index (χ0n) is 12.2. The highest BCUT2D eigenvalue weighted by Crippen LogP contribution is 2.26. The van der Waals surface area contributed by atoms with Crippen molar-refractivity contribution >= 4 is 11.9 Å². The molecule has 2 unspecified atom stereocenters. The van der Waals surface area contributed by atoms with E-state index < -0.39 is 5.97 Å². The Morgan fingerprint density at radius 1 is 1.43 bits per heavy atom. The summed E-state index contributed by atoms with van der Waals surface area (Å²) in [5, 5.41) is 11.7. The van der Waals surface area contributed by atoms with Crippen LogP contribution in [0.25, 0.3) is 0 Å². The maximum Gasteiger partial charge on any atom is 0.303 e. The van der Waals surface area contributed by atoms with Crippen molar-refractivity contribution in [3.05, 3.63) is 29.8 Å². The number of aliphatic carboxylic acids is 1. The van der Waals surface area contributed by atoms with Crippen LogP contribution in [-0.2, 0) is 16.0 Å². The van der Waals surface area contributed by atoms with Gasteiger partial charge in [-0.3, -0.25) is 9.59 Å². The van der Waals surface area contributed by atoms with E-state index in [4.69, 9.17) is 9.84 Å². The van der Waals surface area contributed by atoms with Crippen LogP contribution in [0, 0.1) is 11.8 Å². The van der Waals surface area contributed by atoms with Crippen molar-refractivity contribution in [1.82, 2.24) is 5.32 Å². The zero-order valence-corrected chi connectivity index (χ0v) is 12.2. The second kappa shape index (κ2) is 7.11. The van der Waals surface area contributed by atoms with Crippen LogP contribution >= 0.6 is 0 Å². The monoisotopic (exact) mass is 291 g/mol. The van der Waals surface area contributed by atoms with Gasteiger partial charge in [0.2, 0.25) is 5.91 Å². The molecule has 1 aromatic rings. The van der Waals surface area contributed by atoms with Crippen molar-refractivity contribution in [2.24, 2.45) is 11.8 Å². The molecule has 2 atom stereocenters. The number of ether oxygens (including phenoxy) is 1. The molecule has 5 nitrogen and oxygen atoms in total. The number of hydrogen-bond donors (Lipinski definition) is 2. The molecule has 0 aromatic heterocycles. The van der Waals surface area contributed by atoms with Crippen molar-refractivity contribution in [2.45, 2.75) is 26.2 Å². The number of amides is 1. The molecule has 2 rings (SSSR count). The molecule has 0 bridgehead atoms. The lowest BCUT2D eigenvalue weighted by Crippen LogP contribution is -2.39. The minimum atomic E-state index is -0.828. The summed E-state index contributed by atoms with van der Waals surface area (Å²) in [5.74, 6) is -0.274. The van der Waals surface area contributed by atoms with Gasteiger partial charge in [0.1, 0.15) is 12.4 Å². The first-order chi connectivity index (χ1) is 10.1. The molecule has 5 heteroatoms. The van der Waals surface area contributed by atoms with E-state index >= 15 is 0 Å². The standard InChI is InChI=1S/C16H21NO4/c1-2-11(7-15(18)19)9-17-16(20)13-8-12-5-3-4-6-14(12)21-10-13/h3-6,11,13H,2,7-10H2,1H3,(H,17,20)(H,18,19). The minimum Gasteiger partial charge on any atom is -0.492 e. The maximum atomic E-state index is 12.2. The van der Waals surface area contributed by atoms with E-state index in [1.54, 1.807) is 0 Å². The summed E-state index contributed by atoms with van der Waals surface area (Å²) < 4.78 is 5.60. The third kappa shape index (κ3) is 4.21. The lowest BCUT2D eigenvalue weighted by Gasteiger charge is -2.25. The highest BCUT2D eigenvalue weighted by Gasteiger charge is 2.26. The predicted molar refractivity (Wildman–Crippen MR) is 78.2 cm³/mol. The Morgan fingerprint density at radius 3 is 2.90 bits per heavy atom. The molecule has 0 spiro atoms. The van der Waals surface area contributed by atoms with Crippen molar-refractivity contribution < 1.29 is 19.4 Å². The van der Waals surface area contributed by atoms with Gasteiger partial charge in [-0.05, 0) is 24.0 Å². The molecule has 0 radical (unpaired) electrons. The van der Waals surface area contributed by atoms with Crippen molar-refractivity contribution in [1.29, 1.82) is 0 Å². The van der Waals surface area contributed by atoms with Gasteiger partial charge in [-0.2, -0.15) is 0 Å². The van der Waals surface area contributed by atoms with Crippen LogP contribution in [0.3, 0.4) is 0 Å². The summed E-state index contributed by atoms with van der Waals surface area (Å²) in [4.78, 5) is 22.9. The quantitative estimate of drug-likeness (QED) is 0.838. The highest BCUT2D eigenvalue weighted by atomic mass is 16.5. The summed E-state index contributed by atoms with van der Waals surface area (Å²) in [6, 6.07) is 7.72. The Bertz CT molecular complexity index is 515. The Balaban J connectivity index is 1.86. The molecule has 114 valence electrons. The van der Waals surface area contributed by atoms with E-state index in [-0.39, 0.29) is 24.2 Å². The average Bonchev–Trinajstić information content (AvgIpc) is 2.50. The number of nitrogens with one attached hydrogen (secondary N) is 1. The van der Waals surface area contributed by atoms with Crippen molar-refractivity contribution in [3.63, 3.8) is 0 Å². The molecular weight excluding hydrogens is 270 g/mol. The molecular formula is C16H21NO4. The number of rotatable bonds is 6. The lowest BCUT2D eigenvalue weighted by atomic mass is 9.95. The second-order valence-electron chi connectivity index (χ2n) is 5.44. The summed E-state index contributed by atoms with van der Waals surface area (Å²) >= 11 is 0. The smallest absolute Gasteiger partial charge is 0.303 e. The average molecular weight is 291 g/mol. The first kappa shape index (κ1) is 15.4. The van der Waals surface area contributed by atoms with Crippen LogP contribution in [0.5, 0.6) is 5.75 Å². The number of carbonyl (C=O) groups excluding carboxylic acids is 1. The molecule has 0 saturated carbocycles. The number of carboxylic acid groups (broad SMARTS) is 1. The third-order valence-electron chi connectivity index (χ3n) is 3.86. The Labute approximate surface area is 124 Å². The first-order valence-corrected chi connectivity index (χ1v) is 7.30. The maximum absolute atomic E-state index is 12.2. The van der Waals surface area contributed by atoms with Gasteiger partial charge in [-0.15, -0.1) is 0 Å². The molecule has 0 saturated heterocycles. The number of benzene rings is 1. The topological polar surface area (TPSA) is 75.6 Å². The van der Waals surface area contributed by atoms with E-state index in [1.807, 2.05) is 31.2 Å².